The molecule has 2 amide bonds. The van der Waals surface area contributed by atoms with E-state index in [1.54, 1.807) is 4.90 Å². The summed E-state index contributed by atoms with van der Waals surface area (Å²) in [6.07, 6.45) is 1.49. The smallest absolute Gasteiger partial charge is 0.242 e. The van der Waals surface area contributed by atoms with Crippen LogP contribution in [0.1, 0.15) is 19.8 Å². The first kappa shape index (κ1) is 14.3. The number of nitrogens with one attached hydrogen (secondary N) is 1. The molecule has 0 spiro atoms. The third kappa shape index (κ3) is 3.33. The molecule has 1 N–H and O–H groups in total. The second-order valence-electron chi connectivity index (χ2n) is 4.56. The minimum absolute atomic E-state index is 0. The highest BCUT2D eigenvalue weighted by molar-refractivity contribution is 5.86. The Morgan fingerprint density at radius 2 is 2.24 bits per heavy atom. The van der Waals surface area contributed by atoms with Crippen molar-refractivity contribution < 1.29 is 9.59 Å². The predicted molar refractivity (Wildman–Crippen MR) is 67.1 cm³/mol. The summed E-state index contributed by atoms with van der Waals surface area (Å²) in [5.41, 5.74) is 0. The Labute approximate surface area is 108 Å². The zero-order valence-electron chi connectivity index (χ0n) is 10.1. The van der Waals surface area contributed by atoms with Gasteiger partial charge in [0.2, 0.25) is 11.8 Å². The Bertz CT molecular complexity index is 298. The summed E-state index contributed by atoms with van der Waals surface area (Å²) >= 11 is 0. The first-order valence-corrected chi connectivity index (χ1v) is 5.96. The first-order valence-electron chi connectivity index (χ1n) is 5.96. The van der Waals surface area contributed by atoms with Crippen LogP contribution in [0.5, 0.6) is 0 Å². The maximum atomic E-state index is 12.0. The van der Waals surface area contributed by atoms with Crippen molar-refractivity contribution in [2.45, 2.75) is 25.8 Å². The number of hydrogen-bond acceptors (Lipinski definition) is 3. The number of carbonyl (C=O) groups excluding carboxylic acids is 2. The van der Waals surface area contributed by atoms with Crippen molar-refractivity contribution in [2.24, 2.45) is 0 Å². The van der Waals surface area contributed by atoms with Crippen LogP contribution in [-0.4, -0.2) is 60.4 Å². The molecule has 0 aromatic rings. The second kappa shape index (κ2) is 6.21. The number of amides is 2. The SMILES string of the molecule is C[C@H]1CNCCN1C(=O)CN1CCCC1=O.Cl. The van der Waals surface area contributed by atoms with E-state index in [0.29, 0.717) is 6.42 Å². The lowest BCUT2D eigenvalue weighted by Gasteiger charge is -2.35. The van der Waals surface area contributed by atoms with E-state index >= 15 is 0 Å². The van der Waals surface area contributed by atoms with E-state index in [-0.39, 0.29) is 36.8 Å². The van der Waals surface area contributed by atoms with Crippen molar-refractivity contribution in [1.82, 2.24) is 15.1 Å². The fraction of sp³-hybridized carbons (Fsp3) is 0.818. The molecule has 0 aromatic carbocycles. The van der Waals surface area contributed by atoms with Gasteiger partial charge in [0.05, 0.1) is 6.54 Å². The number of hydrogen-bond donors (Lipinski definition) is 1. The maximum Gasteiger partial charge on any atom is 0.242 e. The van der Waals surface area contributed by atoms with E-state index < -0.39 is 0 Å². The molecule has 98 valence electrons. The van der Waals surface area contributed by atoms with Crippen molar-refractivity contribution >= 4 is 24.2 Å². The van der Waals surface area contributed by atoms with Crippen molar-refractivity contribution in [3.8, 4) is 0 Å². The molecule has 0 radical (unpaired) electrons. The lowest BCUT2D eigenvalue weighted by molar-refractivity contribution is -0.140. The van der Waals surface area contributed by atoms with Gasteiger partial charge in [0.25, 0.3) is 0 Å². The minimum atomic E-state index is 0. The zero-order chi connectivity index (χ0) is 11.5. The quantitative estimate of drug-likeness (QED) is 0.752. The fourth-order valence-electron chi connectivity index (χ4n) is 2.34. The van der Waals surface area contributed by atoms with Crippen LogP contribution in [0.15, 0.2) is 0 Å². The molecule has 0 aliphatic carbocycles. The van der Waals surface area contributed by atoms with Gasteiger partial charge in [-0.1, -0.05) is 0 Å². The van der Waals surface area contributed by atoms with Crippen LogP contribution in [0.2, 0.25) is 0 Å². The topological polar surface area (TPSA) is 52.7 Å². The van der Waals surface area contributed by atoms with Crippen LogP contribution in [0.3, 0.4) is 0 Å². The monoisotopic (exact) mass is 261 g/mol. The second-order valence-corrected chi connectivity index (χ2v) is 4.56. The summed E-state index contributed by atoms with van der Waals surface area (Å²) in [6.45, 7) is 5.50. The molecule has 2 aliphatic rings. The summed E-state index contributed by atoms with van der Waals surface area (Å²) in [5, 5.41) is 3.25. The summed E-state index contributed by atoms with van der Waals surface area (Å²) in [4.78, 5) is 27.0. The van der Waals surface area contributed by atoms with E-state index in [9.17, 15) is 9.59 Å². The van der Waals surface area contributed by atoms with Gasteiger partial charge in [-0.15, -0.1) is 12.4 Å². The van der Waals surface area contributed by atoms with Crippen LogP contribution in [0.25, 0.3) is 0 Å². The molecular formula is C11H20ClN3O2. The van der Waals surface area contributed by atoms with E-state index in [2.05, 4.69) is 5.32 Å². The van der Waals surface area contributed by atoms with Crippen molar-refractivity contribution in [3.05, 3.63) is 0 Å². The number of halogens is 1. The van der Waals surface area contributed by atoms with E-state index in [4.69, 9.17) is 0 Å². The molecule has 1 atom stereocenters. The van der Waals surface area contributed by atoms with Gasteiger partial charge in [-0.3, -0.25) is 9.59 Å². The number of piperazine rings is 1. The first-order chi connectivity index (χ1) is 7.68. The highest BCUT2D eigenvalue weighted by atomic mass is 35.5. The van der Waals surface area contributed by atoms with E-state index in [0.717, 1.165) is 32.6 Å². The molecule has 0 unspecified atom stereocenters. The Morgan fingerprint density at radius 3 is 2.82 bits per heavy atom. The lowest BCUT2D eigenvalue weighted by Crippen LogP contribution is -2.54. The minimum Gasteiger partial charge on any atom is -0.336 e. The van der Waals surface area contributed by atoms with Gasteiger partial charge in [-0.2, -0.15) is 0 Å². The molecule has 0 aromatic heterocycles. The van der Waals surface area contributed by atoms with Gasteiger partial charge in [0.1, 0.15) is 0 Å². The van der Waals surface area contributed by atoms with Gasteiger partial charge in [-0.05, 0) is 13.3 Å². The largest absolute Gasteiger partial charge is 0.336 e. The number of carbonyl (C=O) groups is 2. The molecule has 2 saturated heterocycles. The Kier molecular flexibility index (Phi) is 5.21. The number of likely N-dealkylation sites (tertiary alicyclic amines) is 1. The summed E-state index contributed by atoms with van der Waals surface area (Å²) in [7, 11) is 0. The Hall–Kier alpha value is -0.810. The molecule has 5 nitrogen and oxygen atoms in total. The van der Waals surface area contributed by atoms with Crippen molar-refractivity contribution in [1.29, 1.82) is 0 Å². The van der Waals surface area contributed by atoms with Crippen LogP contribution in [0, 0.1) is 0 Å². The van der Waals surface area contributed by atoms with Crippen LogP contribution in [0.4, 0.5) is 0 Å². The average molecular weight is 262 g/mol. The van der Waals surface area contributed by atoms with Gasteiger partial charge in [0.15, 0.2) is 0 Å². The van der Waals surface area contributed by atoms with Gasteiger partial charge in [0, 0.05) is 38.6 Å². The predicted octanol–water partition coefficient (Wildman–Crippen LogP) is -0.149. The highest BCUT2D eigenvalue weighted by Gasteiger charge is 2.27. The molecule has 2 rings (SSSR count). The normalized spacial score (nSPS) is 24.8. The molecule has 2 fully saturated rings. The molecule has 2 aliphatic heterocycles. The van der Waals surface area contributed by atoms with E-state index in [1.165, 1.54) is 0 Å². The third-order valence-corrected chi connectivity index (χ3v) is 3.32. The fourth-order valence-corrected chi connectivity index (χ4v) is 2.34. The molecular weight excluding hydrogens is 242 g/mol. The summed E-state index contributed by atoms with van der Waals surface area (Å²) < 4.78 is 0. The van der Waals surface area contributed by atoms with Crippen molar-refractivity contribution in [2.75, 3.05) is 32.7 Å². The lowest BCUT2D eigenvalue weighted by atomic mass is 10.2. The number of nitrogens with zero attached hydrogens (tertiary/aromatic N) is 2. The highest BCUT2D eigenvalue weighted by Crippen LogP contribution is 2.11. The molecule has 17 heavy (non-hydrogen) atoms. The van der Waals surface area contributed by atoms with E-state index in [1.807, 2.05) is 11.8 Å². The zero-order valence-corrected chi connectivity index (χ0v) is 11.0. The average Bonchev–Trinajstić information content (AvgIpc) is 2.65. The number of rotatable bonds is 2. The van der Waals surface area contributed by atoms with Gasteiger partial charge < -0.3 is 15.1 Å². The maximum absolute atomic E-state index is 12.0. The molecule has 0 saturated carbocycles. The van der Waals surface area contributed by atoms with Crippen LogP contribution in [-0.2, 0) is 9.59 Å². The van der Waals surface area contributed by atoms with Crippen LogP contribution >= 0.6 is 12.4 Å². The van der Waals surface area contributed by atoms with Crippen molar-refractivity contribution in [3.63, 3.8) is 0 Å². The standard InChI is InChI=1S/C11H19N3O2.ClH/c1-9-7-12-4-6-14(9)11(16)8-13-5-2-3-10(13)15;/h9,12H,2-8H2,1H3;1H/t9-;/m0./s1. The van der Waals surface area contributed by atoms with Gasteiger partial charge >= 0.3 is 0 Å². The van der Waals surface area contributed by atoms with Crippen LogP contribution < -0.4 is 5.32 Å². The Balaban J connectivity index is 0.00000144. The Morgan fingerprint density at radius 1 is 1.47 bits per heavy atom. The summed E-state index contributed by atoms with van der Waals surface area (Å²) in [5.74, 6) is 0.209. The molecule has 6 heteroatoms. The van der Waals surface area contributed by atoms with Gasteiger partial charge in [-0.25, -0.2) is 0 Å². The molecule has 0 bridgehead atoms. The third-order valence-electron chi connectivity index (χ3n) is 3.32. The molecule has 2 heterocycles. The summed E-state index contributed by atoms with van der Waals surface area (Å²) in [6, 6.07) is 0.235.